The SMILES string of the molecule is CCC(=O)N1CCC[C@H](C(=O)NC2CC2)C1. The highest BCUT2D eigenvalue weighted by Gasteiger charge is 2.31. The van der Waals surface area contributed by atoms with Gasteiger partial charge < -0.3 is 10.2 Å². The average molecular weight is 224 g/mol. The van der Waals surface area contributed by atoms with E-state index in [9.17, 15) is 9.59 Å². The number of piperidine rings is 1. The van der Waals surface area contributed by atoms with Gasteiger partial charge in [-0.05, 0) is 25.7 Å². The summed E-state index contributed by atoms with van der Waals surface area (Å²) in [6, 6.07) is 0.421. The summed E-state index contributed by atoms with van der Waals surface area (Å²) >= 11 is 0. The van der Waals surface area contributed by atoms with Crippen molar-refractivity contribution in [3.05, 3.63) is 0 Å². The highest BCUT2D eigenvalue weighted by atomic mass is 16.2. The molecule has 0 unspecified atom stereocenters. The van der Waals surface area contributed by atoms with Crippen LogP contribution in [0.3, 0.4) is 0 Å². The normalized spacial score (nSPS) is 25.3. The van der Waals surface area contributed by atoms with Crippen molar-refractivity contribution in [2.24, 2.45) is 5.92 Å². The van der Waals surface area contributed by atoms with Crippen LogP contribution in [0.15, 0.2) is 0 Å². The number of hydrogen-bond acceptors (Lipinski definition) is 2. The van der Waals surface area contributed by atoms with Gasteiger partial charge in [-0.2, -0.15) is 0 Å². The van der Waals surface area contributed by atoms with Crippen molar-refractivity contribution in [2.75, 3.05) is 13.1 Å². The molecule has 90 valence electrons. The van der Waals surface area contributed by atoms with Crippen LogP contribution in [-0.2, 0) is 9.59 Å². The Bertz CT molecular complexity index is 287. The van der Waals surface area contributed by atoms with E-state index < -0.39 is 0 Å². The van der Waals surface area contributed by atoms with Crippen LogP contribution in [0.2, 0.25) is 0 Å². The van der Waals surface area contributed by atoms with E-state index in [0.29, 0.717) is 19.0 Å². The number of carbonyl (C=O) groups excluding carboxylic acids is 2. The lowest BCUT2D eigenvalue weighted by atomic mass is 9.97. The summed E-state index contributed by atoms with van der Waals surface area (Å²) in [5.74, 6) is 0.338. The Balaban J connectivity index is 1.85. The number of carbonyl (C=O) groups is 2. The van der Waals surface area contributed by atoms with E-state index in [0.717, 1.165) is 32.2 Å². The zero-order chi connectivity index (χ0) is 11.5. The third kappa shape index (κ3) is 2.74. The number of likely N-dealkylation sites (tertiary alicyclic amines) is 1. The zero-order valence-corrected chi connectivity index (χ0v) is 9.87. The first-order valence-corrected chi connectivity index (χ1v) is 6.29. The maximum Gasteiger partial charge on any atom is 0.225 e. The maximum atomic E-state index is 11.9. The molecule has 1 aliphatic heterocycles. The molecule has 2 fully saturated rings. The van der Waals surface area contributed by atoms with E-state index in [1.54, 1.807) is 0 Å². The second kappa shape index (κ2) is 4.85. The van der Waals surface area contributed by atoms with Gasteiger partial charge in [0.15, 0.2) is 0 Å². The zero-order valence-electron chi connectivity index (χ0n) is 9.87. The lowest BCUT2D eigenvalue weighted by molar-refractivity contribution is -0.135. The topological polar surface area (TPSA) is 49.4 Å². The Labute approximate surface area is 96.4 Å². The van der Waals surface area contributed by atoms with Crippen molar-refractivity contribution in [1.82, 2.24) is 10.2 Å². The summed E-state index contributed by atoms with van der Waals surface area (Å²) in [6.07, 6.45) is 4.66. The Hall–Kier alpha value is -1.06. The molecule has 1 atom stereocenters. The van der Waals surface area contributed by atoms with E-state index in [1.807, 2.05) is 11.8 Å². The van der Waals surface area contributed by atoms with Crippen molar-refractivity contribution < 1.29 is 9.59 Å². The molecule has 1 aliphatic carbocycles. The predicted octanol–water partition coefficient (Wildman–Crippen LogP) is 0.914. The molecule has 1 N–H and O–H groups in total. The minimum atomic E-state index is 0.0184. The van der Waals surface area contributed by atoms with E-state index >= 15 is 0 Å². The minimum absolute atomic E-state index is 0.0184. The van der Waals surface area contributed by atoms with Crippen LogP contribution < -0.4 is 5.32 Å². The lowest BCUT2D eigenvalue weighted by Gasteiger charge is -2.31. The summed E-state index contributed by atoms with van der Waals surface area (Å²) in [5, 5.41) is 3.02. The molecule has 0 aromatic rings. The van der Waals surface area contributed by atoms with Crippen LogP contribution in [0.4, 0.5) is 0 Å². The van der Waals surface area contributed by atoms with Crippen LogP contribution in [0.5, 0.6) is 0 Å². The smallest absolute Gasteiger partial charge is 0.225 e. The quantitative estimate of drug-likeness (QED) is 0.774. The van der Waals surface area contributed by atoms with Crippen LogP contribution in [0, 0.1) is 5.92 Å². The van der Waals surface area contributed by atoms with Crippen LogP contribution in [0.1, 0.15) is 39.0 Å². The van der Waals surface area contributed by atoms with Gasteiger partial charge in [0.2, 0.25) is 11.8 Å². The first kappa shape index (κ1) is 11.4. The van der Waals surface area contributed by atoms with Crippen LogP contribution >= 0.6 is 0 Å². The van der Waals surface area contributed by atoms with Gasteiger partial charge in [0.05, 0.1) is 5.92 Å². The predicted molar refractivity (Wildman–Crippen MR) is 60.8 cm³/mol. The van der Waals surface area contributed by atoms with E-state index in [1.165, 1.54) is 0 Å². The van der Waals surface area contributed by atoms with Gasteiger partial charge in [-0.1, -0.05) is 6.92 Å². The largest absolute Gasteiger partial charge is 0.353 e. The molecule has 0 bridgehead atoms. The second-order valence-electron chi connectivity index (χ2n) is 4.82. The van der Waals surface area contributed by atoms with Crippen molar-refractivity contribution in [3.63, 3.8) is 0 Å². The molecule has 16 heavy (non-hydrogen) atoms. The molecule has 1 saturated heterocycles. The van der Waals surface area contributed by atoms with E-state index in [2.05, 4.69) is 5.32 Å². The lowest BCUT2D eigenvalue weighted by Crippen LogP contribution is -2.45. The summed E-state index contributed by atoms with van der Waals surface area (Å²) in [4.78, 5) is 25.3. The van der Waals surface area contributed by atoms with Crippen molar-refractivity contribution in [3.8, 4) is 0 Å². The number of rotatable bonds is 3. The molecular formula is C12H20N2O2. The van der Waals surface area contributed by atoms with Crippen LogP contribution in [0.25, 0.3) is 0 Å². The molecule has 4 nitrogen and oxygen atoms in total. The third-order valence-electron chi connectivity index (χ3n) is 3.37. The summed E-state index contributed by atoms with van der Waals surface area (Å²) in [5.41, 5.74) is 0. The number of amides is 2. The standard InChI is InChI=1S/C12H20N2O2/c1-2-11(15)14-7-3-4-9(8-14)12(16)13-10-5-6-10/h9-10H,2-8H2,1H3,(H,13,16)/t9-/m0/s1. The molecule has 2 rings (SSSR count). The Morgan fingerprint density at radius 1 is 1.31 bits per heavy atom. The molecule has 1 heterocycles. The Kier molecular flexibility index (Phi) is 3.46. The molecule has 4 heteroatoms. The maximum absolute atomic E-state index is 11.9. The van der Waals surface area contributed by atoms with Gasteiger partial charge in [-0.25, -0.2) is 0 Å². The van der Waals surface area contributed by atoms with Gasteiger partial charge in [0.1, 0.15) is 0 Å². The first-order chi connectivity index (χ1) is 7.70. The summed E-state index contributed by atoms with van der Waals surface area (Å²) in [6.45, 7) is 3.31. The molecule has 0 spiro atoms. The van der Waals surface area contributed by atoms with Crippen molar-refractivity contribution in [1.29, 1.82) is 0 Å². The highest BCUT2D eigenvalue weighted by molar-refractivity contribution is 5.81. The summed E-state index contributed by atoms with van der Waals surface area (Å²) < 4.78 is 0. The van der Waals surface area contributed by atoms with Gasteiger partial charge in [0, 0.05) is 25.6 Å². The minimum Gasteiger partial charge on any atom is -0.353 e. The fourth-order valence-electron chi connectivity index (χ4n) is 2.19. The molecule has 2 aliphatic rings. The van der Waals surface area contributed by atoms with Crippen molar-refractivity contribution >= 4 is 11.8 Å². The van der Waals surface area contributed by atoms with Gasteiger partial charge in [-0.3, -0.25) is 9.59 Å². The van der Waals surface area contributed by atoms with Gasteiger partial charge >= 0.3 is 0 Å². The highest BCUT2D eigenvalue weighted by Crippen LogP contribution is 2.22. The molecule has 0 radical (unpaired) electrons. The van der Waals surface area contributed by atoms with E-state index in [4.69, 9.17) is 0 Å². The van der Waals surface area contributed by atoms with Gasteiger partial charge in [-0.15, -0.1) is 0 Å². The molecule has 1 saturated carbocycles. The molecule has 0 aromatic heterocycles. The number of nitrogens with zero attached hydrogens (tertiary/aromatic N) is 1. The summed E-state index contributed by atoms with van der Waals surface area (Å²) in [7, 11) is 0. The third-order valence-corrected chi connectivity index (χ3v) is 3.37. The fraction of sp³-hybridized carbons (Fsp3) is 0.833. The Morgan fingerprint density at radius 3 is 2.69 bits per heavy atom. The number of nitrogens with one attached hydrogen (secondary N) is 1. The molecule has 0 aromatic carbocycles. The monoisotopic (exact) mass is 224 g/mol. The van der Waals surface area contributed by atoms with Gasteiger partial charge in [0.25, 0.3) is 0 Å². The second-order valence-corrected chi connectivity index (χ2v) is 4.82. The Morgan fingerprint density at radius 2 is 2.06 bits per heavy atom. The van der Waals surface area contributed by atoms with Crippen molar-refractivity contribution in [2.45, 2.75) is 45.1 Å². The fourth-order valence-corrected chi connectivity index (χ4v) is 2.19. The van der Waals surface area contributed by atoms with E-state index in [-0.39, 0.29) is 17.7 Å². The number of hydrogen-bond donors (Lipinski definition) is 1. The molecular weight excluding hydrogens is 204 g/mol. The molecule has 2 amide bonds. The first-order valence-electron chi connectivity index (χ1n) is 6.29. The average Bonchev–Trinajstić information content (AvgIpc) is 3.12. The van der Waals surface area contributed by atoms with Crippen LogP contribution in [-0.4, -0.2) is 35.8 Å².